The Kier molecular flexibility index (Phi) is 5.19. The maximum atomic E-state index is 11.8. The standard InChI is InChI=1S/C16H18N2O4/c1-3-21-16(19)12-9-13(20-2)15(18-14(12)17)22-10-11-7-5-4-6-8-11/h4-9H,3,10H2,1-2H3,(H2,17,18). The van der Waals surface area contributed by atoms with Crippen molar-refractivity contribution in [2.24, 2.45) is 0 Å². The van der Waals surface area contributed by atoms with Crippen LogP contribution in [0.25, 0.3) is 0 Å². The van der Waals surface area contributed by atoms with Crippen molar-refractivity contribution in [1.82, 2.24) is 4.98 Å². The Morgan fingerprint density at radius 3 is 2.64 bits per heavy atom. The summed E-state index contributed by atoms with van der Waals surface area (Å²) in [4.78, 5) is 15.9. The summed E-state index contributed by atoms with van der Waals surface area (Å²) >= 11 is 0. The van der Waals surface area contributed by atoms with Crippen LogP contribution in [0.15, 0.2) is 36.4 Å². The number of nitrogens with zero attached hydrogens (tertiary/aromatic N) is 1. The molecule has 6 heteroatoms. The monoisotopic (exact) mass is 302 g/mol. The Hall–Kier alpha value is -2.76. The molecule has 0 aliphatic carbocycles. The van der Waals surface area contributed by atoms with Gasteiger partial charge in [0.2, 0.25) is 0 Å². The van der Waals surface area contributed by atoms with E-state index in [1.54, 1.807) is 6.92 Å². The molecule has 0 aliphatic heterocycles. The number of nitrogen functional groups attached to an aromatic ring is 1. The lowest BCUT2D eigenvalue weighted by atomic mass is 10.2. The highest BCUT2D eigenvalue weighted by Crippen LogP contribution is 2.29. The molecule has 0 fully saturated rings. The van der Waals surface area contributed by atoms with Gasteiger partial charge in [-0.15, -0.1) is 0 Å². The SMILES string of the molecule is CCOC(=O)c1cc(OC)c(OCc2ccccc2)nc1N. The average Bonchev–Trinajstić information content (AvgIpc) is 2.54. The van der Waals surface area contributed by atoms with Gasteiger partial charge < -0.3 is 19.9 Å². The summed E-state index contributed by atoms with van der Waals surface area (Å²) in [6, 6.07) is 11.1. The number of hydrogen-bond donors (Lipinski definition) is 1. The second-order valence-corrected chi connectivity index (χ2v) is 4.42. The maximum Gasteiger partial charge on any atom is 0.342 e. The highest BCUT2D eigenvalue weighted by atomic mass is 16.5. The molecule has 6 nitrogen and oxygen atoms in total. The van der Waals surface area contributed by atoms with Crippen LogP contribution < -0.4 is 15.2 Å². The predicted molar refractivity (Wildman–Crippen MR) is 81.9 cm³/mol. The summed E-state index contributed by atoms with van der Waals surface area (Å²) in [5.41, 5.74) is 6.94. The molecule has 0 radical (unpaired) electrons. The molecule has 22 heavy (non-hydrogen) atoms. The number of ether oxygens (including phenoxy) is 3. The van der Waals surface area contributed by atoms with Gasteiger partial charge in [0.1, 0.15) is 18.0 Å². The minimum Gasteiger partial charge on any atom is -0.491 e. The van der Waals surface area contributed by atoms with Gasteiger partial charge in [-0.2, -0.15) is 4.98 Å². The summed E-state index contributed by atoms with van der Waals surface area (Å²) in [5.74, 6) is 0.0628. The highest BCUT2D eigenvalue weighted by molar-refractivity contribution is 5.94. The van der Waals surface area contributed by atoms with Crippen molar-refractivity contribution in [1.29, 1.82) is 0 Å². The van der Waals surface area contributed by atoms with Gasteiger partial charge in [-0.3, -0.25) is 0 Å². The smallest absolute Gasteiger partial charge is 0.342 e. The zero-order chi connectivity index (χ0) is 15.9. The molecule has 116 valence electrons. The van der Waals surface area contributed by atoms with Gasteiger partial charge in [-0.05, 0) is 12.5 Å². The van der Waals surface area contributed by atoms with E-state index in [2.05, 4.69) is 4.98 Å². The van der Waals surface area contributed by atoms with Crippen molar-refractivity contribution in [3.05, 3.63) is 47.5 Å². The van der Waals surface area contributed by atoms with Gasteiger partial charge in [0.05, 0.1) is 13.7 Å². The van der Waals surface area contributed by atoms with E-state index in [0.29, 0.717) is 12.4 Å². The van der Waals surface area contributed by atoms with E-state index in [4.69, 9.17) is 19.9 Å². The van der Waals surface area contributed by atoms with E-state index < -0.39 is 5.97 Å². The number of nitrogens with two attached hydrogens (primary N) is 1. The second kappa shape index (κ2) is 7.31. The molecule has 0 aliphatic rings. The maximum absolute atomic E-state index is 11.8. The van der Waals surface area contributed by atoms with Crippen LogP contribution in [0, 0.1) is 0 Å². The van der Waals surface area contributed by atoms with E-state index in [-0.39, 0.29) is 23.9 Å². The van der Waals surface area contributed by atoms with Crippen molar-refractivity contribution in [3.63, 3.8) is 0 Å². The number of carbonyl (C=O) groups excluding carboxylic acids is 1. The number of anilines is 1. The summed E-state index contributed by atoms with van der Waals surface area (Å²) in [6.45, 7) is 2.30. The Labute approximate surface area is 128 Å². The molecular formula is C16H18N2O4. The Bertz CT molecular complexity index is 644. The first-order chi connectivity index (χ1) is 10.7. The third-order valence-electron chi connectivity index (χ3n) is 2.92. The summed E-state index contributed by atoms with van der Waals surface area (Å²) < 4.78 is 15.8. The van der Waals surface area contributed by atoms with Crippen molar-refractivity contribution >= 4 is 11.8 Å². The number of benzene rings is 1. The van der Waals surface area contributed by atoms with Crippen LogP contribution in [0.4, 0.5) is 5.82 Å². The van der Waals surface area contributed by atoms with Crippen LogP contribution in [-0.2, 0) is 11.3 Å². The van der Waals surface area contributed by atoms with Gasteiger partial charge in [0.15, 0.2) is 5.75 Å². The number of hydrogen-bond acceptors (Lipinski definition) is 6. The largest absolute Gasteiger partial charge is 0.491 e. The van der Waals surface area contributed by atoms with Crippen LogP contribution in [0.2, 0.25) is 0 Å². The van der Waals surface area contributed by atoms with Crippen LogP contribution in [0.5, 0.6) is 11.6 Å². The molecule has 2 aromatic rings. The summed E-state index contributed by atoms with van der Waals surface area (Å²) in [6.07, 6.45) is 0. The summed E-state index contributed by atoms with van der Waals surface area (Å²) in [5, 5.41) is 0. The van der Waals surface area contributed by atoms with Crippen LogP contribution in [-0.4, -0.2) is 24.7 Å². The van der Waals surface area contributed by atoms with E-state index in [1.807, 2.05) is 30.3 Å². The Balaban J connectivity index is 2.21. The van der Waals surface area contributed by atoms with Crippen LogP contribution >= 0.6 is 0 Å². The molecule has 2 N–H and O–H groups in total. The predicted octanol–water partition coefficient (Wildman–Crippen LogP) is 2.43. The van der Waals surface area contributed by atoms with E-state index in [0.717, 1.165) is 5.56 Å². The minimum absolute atomic E-state index is 0.0438. The lowest BCUT2D eigenvalue weighted by Gasteiger charge is -2.12. The average molecular weight is 302 g/mol. The van der Waals surface area contributed by atoms with Gasteiger partial charge in [-0.25, -0.2) is 4.79 Å². The number of rotatable bonds is 6. The number of pyridine rings is 1. The van der Waals surface area contributed by atoms with Crippen molar-refractivity contribution in [2.45, 2.75) is 13.5 Å². The first kappa shape index (κ1) is 15.6. The molecule has 0 atom stereocenters. The summed E-state index contributed by atoms with van der Waals surface area (Å²) in [7, 11) is 1.47. The topological polar surface area (TPSA) is 83.7 Å². The van der Waals surface area contributed by atoms with E-state index in [1.165, 1.54) is 13.2 Å². The zero-order valence-corrected chi connectivity index (χ0v) is 12.5. The molecule has 0 saturated carbocycles. The lowest BCUT2D eigenvalue weighted by Crippen LogP contribution is -2.11. The highest BCUT2D eigenvalue weighted by Gasteiger charge is 2.18. The third kappa shape index (κ3) is 3.66. The number of carbonyl (C=O) groups is 1. The van der Waals surface area contributed by atoms with Crippen LogP contribution in [0.1, 0.15) is 22.8 Å². The fourth-order valence-electron chi connectivity index (χ4n) is 1.84. The number of methoxy groups -OCH3 is 1. The molecule has 0 bridgehead atoms. The quantitative estimate of drug-likeness (QED) is 0.825. The first-order valence-corrected chi connectivity index (χ1v) is 6.84. The fourth-order valence-corrected chi connectivity index (χ4v) is 1.84. The fraction of sp³-hybridized carbons (Fsp3) is 0.250. The van der Waals surface area contributed by atoms with Gasteiger partial charge in [0, 0.05) is 6.07 Å². The van der Waals surface area contributed by atoms with E-state index >= 15 is 0 Å². The molecular weight excluding hydrogens is 284 g/mol. The normalized spacial score (nSPS) is 10.1. The Morgan fingerprint density at radius 1 is 1.27 bits per heavy atom. The lowest BCUT2D eigenvalue weighted by molar-refractivity contribution is 0.0526. The zero-order valence-electron chi connectivity index (χ0n) is 12.5. The molecule has 0 amide bonds. The number of aromatic nitrogens is 1. The molecule has 1 aromatic carbocycles. The number of esters is 1. The van der Waals surface area contributed by atoms with Crippen molar-refractivity contribution < 1.29 is 19.0 Å². The first-order valence-electron chi connectivity index (χ1n) is 6.84. The molecule has 2 rings (SSSR count). The molecule has 0 spiro atoms. The molecule has 1 aromatic heterocycles. The second-order valence-electron chi connectivity index (χ2n) is 4.42. The van der Waals surface area contributed by atoms with Crippen LogP contribution in [0.3, 0.4) is 0 Å². The minimum atomic E-state index is -0.541. The molecule has 0 saturated heterocycles. The third-order valence-corrected chi connectivity index (χ3v) is 2.92. The van der Waals surface area contributed by atoms with Crippen molar-refractivity contribution in [2.75, 3.05) is 19.5 Å². The molecule has 1 heterocycles. The van der Waals surface area contributed by atoms with Gasteiger partial charge in [-0.1, -0.05) is 30.3 Å². The van der Waals surface area contributed by atoms with E-state index in [9.17, 15) is 4.79 Å². The van der Waals surface area contributed by atoms with Gasteiger partial charge >= 0.3 is 5.97 Å². The molecule has 0 unspecified atom stereocenters. The van der Waals surface area contributed by atoms with Crippen molar-refractivity contribution in [3.8, 4) is 11.6 Å². The Morgan fingerprint density at radius 2 is 2.00 bits per heavy atom. The van der Waals surface area contributed by atoms with Gasteiger partial charge in [0.25, 0.3) is 5.88 Å².